The fourth-order valence-corrected chi connectivity index (χ4v) is 3.75. The first-order chi connectivity index (χ1) is 10.2. The molecule has 3 rings (SSSR count). The summed E-state index contributed by atoms with van der Waals surface area (Å²) in [6, 6.07) is 10.4. The number of hydrogen-bond donors (Lipinski definition) is 2. The molecule has 0 bridgehead atoms. The van der Waals surface area contributed by atoms with E-state index < -0.39 is 0 Å². The zero-order chi connectivity index (χ0) is 14.8. The van der Waals surface area contributed by atoms with Crippen LogP contribution in [0.3, 0.4) is 0 Å². The lowest BCUT2D eigenvalue weighted by Gasteiger charge is -2.34. The fraction of sp³-hybridized carbons (Fsp3) is 0.556. The second-order valence-electron chi connectivity index (χ2n) is 6.75. The van der Waals surface area contributed by atoms with E-state index in [1.165, 1.54) is 25.7 Å². The molecule has 3 N–H and O–H groups in total. The maximum absolute atomic E-state index is 6.01. The van der Waals surface area contributed by atoms with Crippen LogP contribution >= 0.6 is 0 Å². The predicted octanol–water partition coefficient (Wildman–Crippen LogP) is 4.40. The van der Waals surface area contributed by atoms with Gasteiger partial charge in [0, 0.05) is 5.39 Å². The summed E-state index contributed by atoms with van der Waals surface area (Å²) in [7, 11) is 0. The minimum atomic E-state index is 0.130. The molecular weight excluding hydrogens is 260 g/mol. The topological polar surface area (TPSA) is 51.2 Å². The van der Waals surface area contributed by atoms with Gasteiger partial charge >= 0.3 is 0 Å². The number of furan rings is 1. The van der Waals surface area contributed by atoms with Crippen molar-refractivity contribution in [3.63, 3.8) is 0 Å². The Balaban J connectivity index is 1.76. The second-order valence-corrected chi connectivity index (χ2v) is 6.75. The Morgan fingerprint density at radius 3 is 2.38 bits per heavy atom. The predicted molar refractivity (Wildman–Crippen MR) is 86.6 cm³/mol. The van der Waals surface area contributed by atoms with Gasteiger partial charge in [-0.3, -0.25) is 5.84 Å². The van der Waals surface area contributed by atoms with Gasteiger partial charge in [0.2, 0.25) is 0 Å². The highest BCUT2D eigenvalue weighted by Crippen LogP contribution is 2.40. The molecule has 3 heteroatoms. The molecule has 114 valence electrons. The molecule has 21 heavy (non-hydrogen) atoms. The molecule has 3 nitrogen and oxygen atoms in total. The van der Waals surface area contributed by atoms with Crippen molar-refractivity contribution in [3.05, 3.63) is 36.1 Å². The molecule has 1 atom stereocenters. The molecule has 1 aromatic heterocycles. The van der Waals surface area contributed by atoms with Crippen molar-refractivity contribution in [3.8, 4) is 0 Å². The molecule has 0 spiro atoms. The van der Waals surface area contributed by atoms with Crippen LogP contribution in [0.25, 0.3) is 11.0 Å². The quantitative estimate of drug-likeness (QED) is 0.647. The highest BCUT2D eigenvalue weighted by Gasteiger charge is 2.30. The van der Waals surface area contributed by atoms with Crippen molar-refractivity contribution in [2.24, 2.45) is 23.6 Å². The van der Waals surface area contributed by atoms with Crippen molar-refractivity contribution < 1.29 is 4.42 Å². The van der Waals surface area contributed by atoms with E-state index in [-0.39, 0.29) is 6.04 Å². The Hall–Kier alpha value is -1.32. The second kappa shape index (κ2) is 6.20. The Bertz CT molecular complexity index is 549. The maximum Gasteiger partial charge on any atom is 0.134 e. The van der Waals surface area contributed by atoms with E-state index in [1.807, 2.05) is 18.2 Å². The number of rotatable bonds is 4. The third kappa shape index (κ3) is 2.99. The highest BCUT2D eigenvalue weighted by atomic mass is 16.3. The molecular formula is C18H26N2O. The van der Waals surface area contributed by atoms with Gasteiger partial charge in [-0.05, 0) is 55.6 Å². The number of hydrogen-bond acceptors (Lipinski definition) is 3. The fourth-order valence-electron chi connectivity index (χ4n) is 3.75. The summed E-state index contributed by atoms with van der Waals surface area (Å²) in [5, 5.41) is 1.16. The minimum Gasteiger partial charge on any atom is -0.459 e. The van der Waals surface area contributed by atoms with Crippen LogP contribution in [0.1, 0.15) is 51.3 Å². The summed E-state index contributed by atoms with van der Waals surface area (Å²) in [5.41, 5.74) is 3.95. The highest BCUT2D eigenvalue weighted by molar-refractivity contribution is 5.77. The summed E-state index contributed by atoms with van der Waals surface area (Å²) < 4.78 is 6.01. The van der Waals surface area contributed by atoms with Gasteiger partial charge in [0.05, 0.1) is 6.04 Å². The molecule has 0 saturated heterocycles. The van der Waals surface area contributed by atoms with Crippen molar-refractivity contribution in [2.45, 2.75) is 45.6 Å². The van der Waals surface area contributed by atoms with Crippen LogP contribution in [0.4, 0.5) is 0 Å². The summed E-state index contributed by atoms with van der Waals surface area (Å²) in [6.45, 7) is 4.67. The van der Waals surface area contributed by atoms with Gasteiger partial charge in [0.1, 0.15) is 11.3 Å². The van der Waals surface area contributed by atoms with Gasteiger partial charge in [0.15, 0.2) is 0 Å². The average Bonchev–Trinajstić information content (AvgIpc) is 2.92. The van der Waals surface area contributed by atoms with Crippen molar-refractivity contribution in [1.29, 1.82) is 0 Å². The molecule has 1 aliphatic rings. The first-order valence-electron chi connectivity index (χ1n) is 8.13. The van der Waals surface area contributed by atoms with Crippen LogP contribution in [0, 0.1) is 17.8 Å². The molecule has 0 aliphatic heterocycles. The molecule has 0 amide bonds. The lowest BCUT2D eigenvalue weighted by molar-refractivity contribution is 0.179. The van der Waals surface area contributed by atoms with Gasteiger partial charge in [0.25, 0.3) is 0 Å². The van der Waals surface area contributed by atoms with E-state index in [0.717, 1.165) is 28.6 Å². The van der Waals surface area contributed by atoms with Crippen LogP contribution < -0.4 is 11.3 Å². The third-order valence-electron chi connectivity index (χ3n) is 5.16. The lowest BCUT2D eigenvalue weighted by Crippen LogP contribution is -2.35. The monoisotopic (exact) mass is 286 g/mol. The van der Waals surface area contributed by atoms with E-state index in [9.17, 15) is 0 Å². The number of hydrazine groups is 1. The molecule has 0 radical (unpaired) electrons. The van der Waals surface area contributed by atoms with E-state index in [0.29, 0.717) is 5.92 Å². The van der Waals surface area contributed by atoms with Gasteiger partial charge in [-0.15, -0.1) is 0 Å². The van der Waals surface area contributed by atoms with E-state index >= 15 is 0 Å². The Labute approximate surface area is 126 Å². The van der Waals surface area contributed by atoms with Gasteiger partial charge in [-0.1, -0.05) is 32.0 Å². The van der Waals surface area contributed by atoms with E-state index in [4.69, 9.17) is 10.3 Å². The Morgan fingerprint density at radius 1 is 1.10 bits per heavy atom. The first-order valence-corrected chi connectivity index (χ1v) is 8.13. The average molecular weight is 286 g/mol. The zero-order valence-electron chi connectivity index (χ0n) is 13.0. The van der Waals surface area contributed by atoms with E-state index in [2.05, 4.69) is 31.4 Å². The normalized spacial score (nSPS) is 24.6. The molecule has 1 heterocycles. The minimum absolute atomic E-state index is 0.130. The number of para-hydroxylation sites is 1. The van der Waals surface area contributed by atoms with Crippen molar-refractivity contribution in [1.82, 2.24) is 5.43 Å². The van der Waals surface area contributed by atoms with Crippen LogP contribution in [0.5, 0.6) is 0 Å². The van der Waals surface area contributed by atoms with Crippen LogP contribution in [-0.4, -0.2) is 0 Å². The summed E-state index contributed by atoms with van der Waals surface area (Å²) in [5.74, 6) is 9.06. The number of nitrogens with one attached hydrogen (secondary N) is 1. The van der Waals surface area contributed by atoms with Gasteiger partial charge in [-0.2, -0.15) is 0 Å². The molecule has 2 aromatic rings. The first kappa shape index (κ1) is 14.6. The van der Waals surface area contributed by atoms with Gasteiger partial charge < -0.3 is 4.42 Å². The summed E-state index contributed by atoms with van der Waals surface area (Å²) in [4.78, 5) is 0. The maximum atomic E-state index is 6.01. The van der Waals surface area contributed by atoms with Crippen LogP contribution in [-0.2, 0) is 0 Å². The molecule has 1 aliphatic carbocycles. The van der Waals surface area contributed by atoms with Gasteiger partial charge in [-0.25, -0.2) is 5.43 Å². The molecule has 1 aromatic carbocycles. The number of nitrogens with two attached hydrogens (primary N) is 1. The number of benzene rings is 1. The Kier molecular flexibility index (Phi) is 4.32. The lowest BCUT2D eigenvalue weighted by atomic mass is 9.74. The molecule has 1 fully saturated rings. The summed E-state index contributed by atoms with van der Waals surface area (Å²) in [6.07, 6.45) is 5.07. The molecule has 1 saturated carbocycles. The largest absolute Gasteiger partial charge is 0.459 e. The zero-order valence-corrected chi connectivity index (χ0v) is 13.0. The standard InChI is InChI=1S/C18H26N2O/c1-12(2)13-7-9-14(10-8-13)18(20-19)17-11-15-5-3-4-6-16(15)21-17/h3-6,11-14,18,20H,7-10,19H2,1-2H3. The third-order valence-corrected chi connectivity index (χ3v) is 5.16. The van der Waals surface area contributed by atoms with Crippen LogP contribution in [0.2, 0.25) is 0 Å². The smallest absolute Gasteiger partial charge is 0.134 e. The Morgan fingerprint density at radius 2 is 1.76 bits per heavy atom. The van der Waals surface area contributed by atoms with Crippen molar-refractivity contribution in [2.75, 3.05) is 0 Å². The molecule has 1 unspecified atom stereocenters. The van der Waals surface area contributed by atoms with Crippen LogP contribution in [0.15, 0.2) is 34.7 Å². The summed E-state index contributed by atoms with van der Waals surface area (Å²) >= 11 is 0. The van der Waals surface area contributed by atoms with E-state index in [1.54, 1.807) is 0 Å². The number of fused-ring (bicyclic) bond motifs is 1. The SMILES string of the molecule is CC(C)C1CCC(C(NN)c2cc3ccccc3o2)CC1. The van der Waals surface area contributed by atoms with Crippen molar-refractivity contribution >= 4 is 11.0 Å².